The number of hydrogen-bond acceptors (Lipinski definition) is 7. The van der Waals surface area contributed by atoms with Crippen molar-refractivity contribution in [3.05, 3.63) is 109 Å². The number of aryl methyl sites for hydroxylation is 1. The second kappa shape index (κ2) is 9.58. The van der Waals surface area contributed by atoms with Gasteiger partial charge in [0.15, 0.2) is 5.76 Å². The number of fused-ring (bicyclic) bond motifs is 2. The van der Waals surface area contributed by atoms with Crippen LogP contribution in [0.2, 0.25) is 0 Å². The SMILES string of the molecule is COc1ccc(-c2nn(-c3ccccc3)cc2/C=c2\sc3nc(-c4oc5ccccc5c4C)nn3c2=O)cc1Br. The number of aromatic nitrogens is 5. The first kappa shape index (κ1) is 24.5. The second-order valence-electron chi connectivity index (χ2n) is 9.16. The summed E-state index contributed by atoms with van der Waals surface area (Å²) in [6.07, 6.45) is 3.76. The van der Waals surface area contributed by atoms with Gasteiger partial charge >= 0.3 is 0 Å². The highest BCUT2D eigenvalue weighted by Gasteiger charge is 2.20. The molecule has 0 fully saturated rings. The zero-order valence-corrected chi connectivity index (χ0v) is 23.7. The Hall–Kier alpha value is -4.54. The highest BCUT2D eigenvalue weighted by atomic mass is 79.9. The molecule has 40 heavy (non-hydrogen) atoms. The quantitative estimate of drug-likeness (QED) is 0.236. The van der Waals surface area contributed by atoms with Gasteiger partial charge < -0.3 is 9.15 Å². The highest BCUT2D eigenvalue weighted by Crippen LogP contribution is 2.33. The fraction of sp³-hybridized carbons (Fsp3) is 0.0667. The van der Waals surface area contributed by atoms with Gasteiger partial charge in [-0.25, -0.2) is 4.68 Å². The Labute approximate surface area is 239 Å². The molecular formula is C30H20BrN5O3S. The number of benzene rings is 3. The van der Waals surface area contributed by atoms with E-state index in [9.17, 15) is 4.79 Å². The fourth-order valence-electron chi connectivity index (χ4n) is 4.70. The van der Waals surface area contributed by atoms with E-state index in [-0.39, 0.29) is 5.56 Å². The van der Waals surface area contributed by atoms with E-state index < -0.39 is 0 Å². The van der Waals surface area contributed by atoms with Crippen molar-refractivity contribution in [3.63, 3.8) is 0 Å². The molecule has 0 spiro atoms. The van der Waals surface area contributed by atoms with Crippen molar-refractivity contribution in [2.45, 2.75) is 6.92 Å². The van der Waals surface area contributed by atoms with Crippen molar-refractivity contribution in [2.75, 3.05) is 7.11 Å². The van der Waals surface area contributed by atoms with Gasteiger partial charge in [0.2, 0.25) is 10.8 Å². The molecule has 4 heterocycles. The number of halogens is 1. The minimum atomic E-state index is -0.248. The lowest BCUT2D eigenvalue weighted by Gasteiger charge is -2.05. The van der Waals surface area contributed by atoms with Gasteiger partial charge in [-0.2, -0.15) is 14.6 Å². The van der Waals surface area contributed by atoms with Crippen LogP contribution in [0.1, 0.15) is 11.1 Å². The molecule has 0 aliphatic heterocycles. The summed E-state index contributed by atoms with van der Waals surface area (Å²) in [5.74, 6) is 1.68. The number of hydrogen-bond donors (Lipinski definition) is 0. The van der Waals surface area contributed by atoms with Crippen LogP contribution in [0.25, 0.3) is 50.5 Å². The predicted molar refractivity (Wildman–Crippen MR) is 159 cm³/mol. The van der Waals surface area contributed by atoms with Crippen LogP contribution in [0.4, 0.5) is 0 Å². The van der Waals surface area contributed by atoms with Gasteiger partial charge in [0.25, 0.3) is 5.56 Å². The van der Waals surface area contributed by atoms with E-state index in [1.807, 2.05) is 96.7 Å². The largest absolute Gasteiger partial charge is 0.496 e. The summed E-state index contributed by atoms with van der Waals surface area (Å²) in [5, 5.41) is 10.4. The molecule has 0 amide bonds. The van der Waals surface area contributed by atoms with Crippen LogP contribution >= 0.6 is 27.3 Å². The van der Waals surface area contributed by atoms with Crippen LogP contribution in [-0.2, 0) is 0 Å². The van der Waals surface area contributed by atoms with Crippen LogP contribution in [0, 0.1) is 6.92 Å². The lowest BCUT2D eigenvalue weighted by atomic mass is 10.1. The number of ether oxygens (including phenoxy) is 1. The van der Waals surface area contributed by atoms with Crippen molar-refractivity contribution in [1.29, 1.82) is 0 Å². The molecule has 196 valence electrons. The van der Waals surface area contributed by atoms with E-state index in [1.165, 1.54) is 15.9 Å². The molecule has 7 rings (SSSR count). The molecule has 10 heteroatoms. The molecule has 0 atom stereocenters. The van der Waals surface area contributed by atoms with Gasteiger partial charge in [-0.15, -0.1) is 5.10 Å². The monoisotopic (exact) mass is 609 g/mol. The van der Waals surface area contributed by atoms with Gasteiger partial charge in [0.05, 0.1) is 21.8 Å². The number of methoxy groups -OCH3 is 1. The molecule has 0 aliphatic carbocycles. The van der Waals surface area contributed by atoms with E-state index in [4.69, 9.17) is 14.3 Å². The maximum Gasteiger partial charge on any atom is 0.291 e. The smallest absolute Gasteiger partial charge is 0.291 e. The third kappa shape index (κ3) is 4.04. The molecule has 0 saturated heterocycles. The number of nitrogens with zero attached hydrogens (tertiary/aromatic N) is 5. The highest BCUT2D eigenvalue weighted by molar-refractivity contribution is 9.10. The lowest BCUT2D eigenvalue weighted by Crippen LogP contribution is -2.23. The minimum Gasteiger partial charge on any atom is -0.496 e. The van der Waals surface area contributed by atoms with Crippen LogP contribution in [0.3, 0.4) is 0 Å². The summed E-state index contributed by atoms with van der Waals surface area (Å²) < 4.78 is 15.9. The predicted octanol–water partition coefficient (Wildman–Crippen LogP) is 6.04. The molecular weight excluding hydrogens is 590 g/mol. The zero-order chi connectivity index (χ0) is 27.4. The summed E-state index contributed by atoms with van der Waals surface area (Å²) in [5.41, 5.74) is 4.76. The molecule has 7 aromatic rings. The average Bonchev–Trinajstić information content (AvgIpc) is 3.73. The molecule has 8 nitrogen and oxygen atoms in total. The molecule has 3 aromatic carbocycles. The number of para-hydroxylation sites is 2. The van der Waals surface area contributed by atoms with Crippen LogP contribution in [0.5, 0.6) is 5.75 Å². The summed E-state index contributed by atoms with van der Waals surface area (Å²) in [4.78, 5) is 18.6. The first-order chi connectivity index (χ1) is 19.5. The second-order valence-corrected chi connectivity index (χ2v) is 11.0. The normalized spacial score (nSPS) is 12.1. The van der Waals surface area contributed by atoms with Crippen LogP contribution in [-0.4, -0.2) is 31.5 Å². The van der Waals surface area contributed by atoms with Crippen molar-refractivity contribution in [3.8, 4) is 34.3 Å². The average molecular weight is 610 g/mol. The van der Waals surface area contributed by atoms with Gasteiger partial charge in [0, 0.05) is 28.3 Å². The first-order valence-corrected chi connectivity index (χ1v) is 14.0. The van der Waals surface area contributed by atoms with E-state index >= 15 is 0 Å². The Balaban J connectivity index is 1.36. The van der Waals surface area contributed by atoms with Crippen molar-refractivity contribution >= 4 is 49.3 Å². The molecule has 0 radical (unpaired) electrons. The standard InChI is InChI=1S/C30H20BrN5O3S/c1-17-21-10-6-7-11-23(21)39-27(17)28-32-30-36(34-28)29(37)25(40-30)15-19-16-35(20-8-4-3-5-9-20)33-26(19)18-12-13-24(38-2)22(31)14-18/h3-16H,1-2H3/b25-15-. The van der Waals surface area contributed by atoms with Gasteiger partial charge in [-0.1, -0.05) is 47.7 Å². The molecule has 0 bridgehead atoms. The molecule has 0 N–H and O–H groups in total. The molecule has 0 aliphatic rings. The fourth-order valence-corrected chi connectivity index (χ4v) is 6.14. The summed E-state index contributed by atoms with van der Waals surface area (Å²) in [6.45, 7) is 1.97. The summed E-state index contributed by atoms with van der Waals surface area (Å²) in [6, 6.07) is 23.4. The zero-order valence-electron chi connectivity index (χ0n) is 21.3. The Kier molecular flexibility index (Phi) is 5.87. The van der Waals surface area contributed by atoms with E-state index in [0.29, 0.717) is 21.1 Å². The molecule has 0 unspecified atom stereocenters. The lowest BCUT2D eigenvalue weighted by molar-refractivity contribution is 0.412. The molecule has 4 aromatic heterocycles. The van der Waals surface area contributed by atoms with E-state index in [2.05, 4.69) is 26.0 Å². The summed E-state index contributed by atoms with van der Waals surface area (Å²) in [7, 11) is 1.63. The van der Waals surface area contributed by atoms with Gasteiger partial charge in [-0.05, 0) is 65.3 Å². The topological polar surface area (TPSA) is 87.4 Å². The van der Waals surface area contributed by atoms with Crippen LogP contribution in [0.15, 0.2) is 92.7 Å². The van der Waals surface area contributed by atoms with Gasteiger partial charge in [-0.3, -0.25) is 4.79 Å². The third-order valence-electron chi connectivity index (χ3n) is 6.70. The van der Waals surface area contributed by atoms with Gasteiger partial charge in [0.1, 0.15) is 17.0 Å². The Morgan fingerprint density at radius 3 is 2.58 bits per heavy atom. The maximum absolute atomic E-state index is 13.5. The number of thiazole rings is 1. The van der Waals surface area contributed by atoms with Crippen molar-refractivity contribution < 1.29 is 9.15 Å². The van der Waals surface area contributed by atoms with E-state index in [0.717, 1.165) is 49.3 Å². The van der Waals surface area contributed by atoms with Crippen molar-refractivity contribution in [1.82, 2.24) is 24.4 Å². The van der Waals surface area contributed by atoms with Crippen molar-refractivity contribution in [2.24, 2.45) is 0 Å². The minimum absolute atomic E-state index is 0.248. The maximum atomic E-state index is 13.5. The summed E-state index contributed by atoms with van der Waals surface area (Å²) >= 11 is 4.85. The van der Waals surface area contributed by atoms with E-state index in [1.54, 1.807) is 7.11 Å². The molecule has 0 saturated carbocycles. The van der Waals surface area contributed by atoms with Crippen LogP contribution < -0.4 is 14.8 Å². The first-order valence-electron chi connectivity index (χ1n) is 12.4. The number of rotatable bonds is 5. The Morgan fingerprint density at radius 2 is 1.82 bits per heavy atom. The Bertz CT molecular complexity index is 2160. The Morgan fingerprint density at radius 1 is 1.02 bits per heavy atom. The number of furan rings is 1. The third-order valence-corrected chi connectivity index (χ3v) is 8.28.